The number of nitrogens with one attached hydrogen (secondary N) is 1. The molecule has 0 aliphatic carbocycles. The summed E-state index contributed by atoms with van der Waals surface area (Å²) in [5.41, 5.74) is -0.523. The highest BCUT2D eigenvalue weighted by Gasteiger charge is 2.33. The number of pyridine rings is 1. The zero-order valence-corrected chi connectivity index (χ0v) is 8.73. The summed E-state index contributed by atoms with van der Waals surface area (Å²) in [5, 5.41) is 2.17. The first-order valence-corrected chi connectivity index (χ1v) is 5.46. The molecule has 1 aromatic heterocycles. The summed E-state index contributed by atoms with van der Waals surface area (Å²) in [4.78, 5) is 14.2. The molecule has 2 heterocycles. The minimum atomic E-state index is -4.46. The number of alkyl halides is 3. The monoisotopic (exact) mass is 248 g/mol. The highest BCUT2D eigenvalue weighted by Crippen LogP contribution is 2.33. The molecule has 2 rings (SSSR count). The Hall–Kier alpha value is -1.24. The molecule has 1 aliphatic rings. The van der Waals surface area contributed by atoms with Gasteiger partial charge >= 0.3 is 6.18 Å². The third kappa shape index (κ3) is 2.29. The molecule has 86 valence electrons. The minimum absolute atomic E-state index is 0.166. The number of hydrogen-bond acceptors (Lipinski definition) is 3. The second-order valence-corrected chi connectivity index (χ2v) is 4.32. The lowest BCUT2D eigenvalue weighted by molar-refractivity contribution is -0.141. The van der Waals surface area contributed by atoms with E-state index in [-0.39, 0.29) is 11.7 Å². The van der Waals surface area contributed by atoms with Crippen molar-refractivity contribution in [3.63, 3.8) is 0 Å². The summed E-state index contributed by atoms with van der Waals surface area (Å²) in [6, 6.07) is 2.43. The van der Waals surface area contributed by atoms with E-state index in [9.17, 15) is 18.0 Å². The zero-order chi connectivity index (χ0) is 11.8. The maximum absolute atomic E-state index is 12.4. The first-order valence-electron chi connectivity index (χ1n) is 4.41. The van der Waals surface area contributed by atoms with Crippen LogP contribution in [-0.4, -0.2) is 16.6 Å². The smallest absolute Gasteiger partial charge is 0.339 e. The van der Waals surface area contributed by atoms with Crippen LogP contribution >= 0.6 is 11.8 Å². The van der Waals surface area contributed by atoms with Crippen molar-refractivity contribution in [2.45, 2.75) is 11.6 Å². The lowest BCUT2D eigenvalue weighted by atomic mass is 10.2. The van der Waals surface area contributed by atoms with Gasteiger partial charge < -0.3 is 5.32 Å². The molecular weight excluding hydrogens is 241 g/mol. The number of thioether (sulfide) groups is 1. The summed E-state index contributed by atoms with van der Waals surface area (Å²) in [6.45, 7) is 0. The van der Waals surface area contributed by atoms with Crippen LogP contribution in [0.15, 0.2) is 18.3 Å². The van der Waals surface area contributed by atoms with Gasteiger partial charge in [0.25, 0.3) is 0 Å². The van der Waals surface area contributed by atoms with Gasteiger partial charge in [-0.3, -0.25) is 9.78 Å². The Morgan fingerprint density at radius 1 is 1.50 bits per heavy atom. The molecule has 0 radical (unpaired) electrons. The molecule has 1 amide bonds. The Kier molecular flexibility index (Phi) is 2.79. The zero-order valence-electron chi connectivity index (χ0n) is 7.91. The Balaban J connectivity index is 2.26. The van der Waals surface area contributed by atoms with Gasteiger partial charge in [-0.05, 0) is 17.7 Å². The van der Waals surface area contributed by atoms with Crippen LogP contribution < -0.4 is 5.32 Å². The van der Waals surface area contributed by atoms with Gasteiger partial charge in [0.1, 0.15) is 11.1 Å². The summed E-state index contributed by atoms with van der Waals surface area (Å²) in [7, 11) is 0. The second-order valence-electron chi connectivity index (χ2n) is 3.23. The summed E-state index contributed by atoms with van der Waals surface area (Å²) >= 11 is 1.27. The minimum Gasteiger partial charge on any atom is -0.339 e. The quantitative estimate of drug-likeness (QED) is 0.826. The fourth-order valence-corrected chi connectivity index (χ4v) is 2.29. The number of carbonyl (C=O) groups excluding carboxylic acids is 1. The van der Waals surface area contributed by atoms with Crippen molar-refractivity contribution in [3.8, 4) is 0 Å². The van der Waals surface area contributed by atoms with Gasteiger partial charge in [-0.1, -0.05) is 0 Å². The van der Waals surface area contributed by atoms with E-state index in [0.29, 0.717) is 5.56 Å². The lowest BCUT2D eigenvalue weighted by Gasteiger charge is -2.11. The van der Waals surface area contributed by atoms with E-state index in [1.54, 1.807) is 0 Å². The molecule has 1 aliphatic heterocycles. The Morgan fingerprint density at radius 3 is 2.81 bits per heavy atom. The van der Waals surface area contributed by atoms with Crippen LogP contribution in [0.1, 0.15) is 16.6 Å². The molecule has 1 unspecified atom stereocenters. The van der Waals surface area contributed by atoms with Crippen LogP contribution in [0.25, 0.3) is 0 Å². The fourth-order valence-electron chi connectivity index (χ4n) is 1.33. The number of carbonyl (C=O) groups is 1. The summed E-state index contributed by atoms with van der Waals surface area (Å²) < 4.78 is 37.1. The normalized spacial score (nSPS) is 20.9. The Bertz CT molecular complexity index is 421. The average Bonchev–Trinajstić information content (AvgIpc) is 2.64. The number of rotatable bonds is 1. The van der Waals surface area contributed by atoms with Crippen LogP contribution in [0.3, 0.4) is 0 Å². The first kappa shape index (κ1) is 11.3. The largest absolute Gasteiger partial charge is 0.433 e. The van der Waals surface area contributed by atoms with E-state index in [4.69, 9.17) is 0 Å². The van der Waals surface area contributed by atoms with E-state index in [0.717, 1.165) is 12.3 Å². The fraction of sp³-hybridized carbons (Fsp3) is 0.333. The van der Waals surface area contributed by atoms with Crippen molar-refractivity contribution in [3.05, 3.63) is 29.6 Å². The summed E-state index contributed by atoms with van der Waals surface area (Å²) in [6.07, 6.45) is -3.35. The molecule has 0 spiro atoms. The second kappa shape index (κ2) is 3.97. The van der Waals surface area contributed by atoms with Crippen LogP contribution in [0.2, 0.25) is 0 Å². The van der Waals surface area contributed by atoms with Crippen LogP contribution in [0, 0.1) is 0 Å². The van der Waals surface area contributed by atoms with Crippen molar-refractivity contribution in [2.24, 2.45) is 0 Å². The standard InChI is InChI=1S/C9H7F3N2OS/c10-9(11,12)6-3-5(1-2-13-6)8-14-7(15)4-16-8/h1-3,8H,4H2,(H,14,15). The number of nitrogens with zero attached hydrogens (tertiary/aromatic N) is 1. The van der Waals surface area contributed by atoms with Crippen LogP contribution in [-0.2, 0) is 11.0 Å². The van der Waals surface area contributed by atoms with E-state index in [1.165, 1.54) is 17.8 Å². The van der Waals surface area contributed by atoms with Crippen molar-refractivity contribution < 1.29 is 18.0 Å². The number of aromatic nitrogens is 1. The summed E-state index contributed by atoms with van der Waals surface area (Å²) in [5.74, 6) is 0.106. The van der Waals surface area contributed by atoms with Crippen molar-refractivity contribution in [2.75, 3.05) is 5.75 Å². The number of amides is 1. The predicted octanol–water partition coefficient (Wildman–Crippen LogP) is 1.96. The topological polar surface area (TPSA) is 42.0 Å². The third-order valence-corrected chi connectivity index (χ3v) is 3.20. The Morgan fingerprint density at radius 2 is 2.25 bits per heavy atom. The van der Waals surface area contributed by atoms with Crippen molar-refractivity contribution in [1.82, 2.24) is 10.3 Å². The highest BCUT2D eigenvalue weighted by atomic mass is 32.2. The van der Waals surface area contributed by atoms with Gasteiger partial charge in [0, 0.05) is 6.20 Å². The van der Waals surface area contributed by atoms with Crippen molar-refractivity contribution >= 4 is 17.7 Å². The average molecular weight is 248 g/mol. The van der Waals surface area contributed by atoms with Crippen LogP contribution in [0.4, 0.5) is 13.2 Å². The maximum atomic E-state index is 12.4. The van der Waals surface area contributed by atoms with E-state index in [1.807, 2.05) is 0 Å². The Labute approximate surface area is 93.4 Å². The molecule has 1 fully saturated rings. The van der Waals surface area contributed by atoms with Gasteiger partial charge in [-0.25, -0.2) is 0 Å². The van der Waals surface area contributed by atoms with Gasteiger partial charge in [0.05, 0.1) is 5.75 Å². The molecule has 0 saturated carbocycles. The molecule has 7 heteroatoms. The SMILES string of the molecule is O=C1CSC(c2ccnc(C(F)(F)F)c2)N1. The predicted molar refractivity (Wildman–Crippen MR) is 52.6 cm³/mol. The molecular formula is C9H7F3N2OS. The van der Waals surface area contributed by atoms with E-state index < -0.39 is 17.2 Å². The maximum Gasteiger partial charge on any atom is 0.433 e. The first-order chi connectivity index (χ1) is 7.47. The van der Waals surface area contributed by atoms with E-state index in [2.05, 4.69) is 10.3 Å². The van der Waals surface area contributed by atoms with Crippen LogP contribution in [0.5, 0.6) is 0 Å². The number of halogens is 3. The van der Waals surface area contributed by atoms with E-state index >= 15 is 0 Å². The third-order valence-electron chi connectivity index (χ3n) is 2.05. The number of hydrogen-bond donors (Lipinski definition) is 1. The molecule has 1 N–H and O–H groups in total. The van der Waals surface area contributed by atoms with Gasteiger partial charge in [0.15, 0.2) is 0 Å². The highest BCUT2D eigenvalue weighted by molar-refractivity contribution is 8.00. The van der Waals surface area contributed by atoms with Crippen molar-refractivity contribution in [1.29, 1.82) is 0 Å². The molecule has 0 bridgehead atoms. The molecule has 16 heavy (non-hydrogen) atoms. The molecule has 1 aromatic rings. The molecule has 1 saturated heterocycles. The van der Waals surface area contributed by atoms with Gasteiger partial charge in [-0.15, -0.1) is 11.8 Å². The molecule has 3 nitrogen and oxygen atoms in total. The molecule has 0 aromatic carbocycles. The van der Waals surface area contributed by atoms with Gasteiger partial charge in [-0.2, -0.15) is 13.2 Å². The molecule has 1 atom stereocenters. The van der Waals surface area contributed by atoms with Gasteiger partial charge in [0.2, 0.25) is 5.91 Å². The lowest BCUT2D eigenvalue weighted by Crippen LogP contribution is -2.19.